The summed E-state index contributed by atoms with van der Waals surface area (Å²) in [5, 5.41) is 11.7. The molecule has 3 aromatic rings. The second-order valence-corrected chi connectivity index (χ2v) is 7.19. The van der Waals surface area contributed by atoms with Gasteiger partial charge >= 0.3 is 0 Å². The number of aromatic nitrogens is 3. The van der Waals surface area contributed by atoms with Crippen molar-refractivity contribution in [1.82, 2.24) is 19.9 Å². The Morgan fingerprint density at radius 3 is 2.75 bits per heavy atom. The third-order valence-corrected chi connectivity index (χ3v) is 5.36. The van der Waals surface area contributed by atoms with Crippen LogP contribution in [0.1, 0.15) is 24.1 Å². The molecular formula is C21H25N5O2. The zero-order chi connectivity index (χ0) is 19.5. The van der Waals surface area contributed by atoms with E-state index in [4.69, 9.17) is 4.74 Å². The summed E-state index contributed by atoms with van der Waals surface area (Å²) in [4.78, 5) is 14.8. The molecule has 0 saturated carbocycles. The normalized spacial score (nSPS) is 15.0. The molecule has 0 atom stereocenters. The number of rotatable bonds is 5. The molecule has 3 heterocycles. The molecule has 1 amide bonds. The quantitative estimate of drug-likeness (QED) is 0.738. The molecule has 1 saturated heterocycles. The number of carbonyl (C=O) groups excluding carboxylic acids is 1. The molecule has 0 aliphatic carbocycles. The number of benzene rings is 1. The summed E-state index contributed by atoms with van der Waals surface area (Å²) in [7, 11) is 1.64. The minimum Gasteiger partial charge on any atom is -0.497 e. The fraction of sp³-hybridized carbons (Fsp3) is 0.381. The van der Waals surface area contributed by atoms with Crippen molar-refractivity contribution in [2.75, 3.05) is 25.1 Å². The van der Waals surface area contributed by atoms with Gasteiger partial charge in [-0.1, -0.05) is 18.2 Å². The van der Waals surface area contributed by atoms with Crippen molar-refractivity contribution < 1.29 is 9.53 Å². The topological polar surface area (TPSA) is 71.8 Å². The summed E-state index contributed by atoms with van der Waals surface area (Å²) < 4.78 is 7.31. The first-order valence-electron chi connectivity index (χ1n) is 9.62. The lowest BCUT2D eigenvalue weighted by atomic mass is 9.96. The van der Waals surface area contributed by atoms with E-state index in [0.29, 0.717) is 6.54 Å². The molecular weight excluding hydrogens is 354 g/mol. The van der Waals surface area contributed by atoms with Gasteiger partial charge in [0.05, 0.1) is 7.11 Å². The van der Waals surface area contributed by atoms with Gasteiger partial charge in [-0.05, 0) is 49.6 Å². The minimum atomic E-state index is 0.0298. The first-order valence-corrected chi connectivity index (χ1v) is 9.62. The Hall–Kier alpha value is -3.09. The number of carbonyl (C=O) groups is 1. The van der Waals surface area contributed by atoms with Crippen LogP contribution in [0.3, 0.4) is 0 Å². The van der Waals surface area contributed by atoms with Crippen molar-refractivity contribution >= 4 is 17.5 Å². The fourth-order valence-electron chi connectivity index (χ4n) is 3.74. The number of amides is 1. The molecule has 0 bridgehead atoms. The summed E-state index contributed by atoms with van der Waals surface area (Å²) in [6.07, 6.45) is 1.62. The van der Waals surface area contributed by atoms with Crippen LogP contribution in [0.4, 0.5) is 5.95 Å². The SMILES string of the molecule is COc1cccc(CNC(=O)C2CCN(c3nnc4cccc(C)n34)CC2)c1. The Balaban J connectivity index is 1.35. The van der Waals surface area contributed by atoms with Crippen molar-refractivity contribution in [1.29, 1.82) is 0 Å². The summed E-state index contributed by atoms with van der Waals surface area (Å²) in [6.45, 7) is 4.17. The molecule has 1 aliphatic heterocycles. The average molecular weight is 379 g/mol. The second-order valence-electron chi connectivity index (χ2n) is 7.19. The van der Waals surface area contributed by atoms with E-state index < -0.39 is 0 Å². The number of aryl methyl sites for hydroxylation is 1. The Morgan fingerprint density at radius 2 is 1.96 bits per heavy atom. The minimum absolute atomic E-state index is 0.0298. The first-order chi connectivity index (χ1) is 13.7. The monoisotopic (exact) mass is 379 g/mol. The fourth-order valence-corrected chi connectivity index (χ4v) is 3.74. The van der Waals surface area contributed by atoms with Gasteiger partial charge in [0.2, 0.25) is 11.9 Å². The van der Waals surface area contributed by atoms with Crippen molar-refractivity contribution in [3.05, 3.63) is 53.7 Å². The van der Waals surface area contributed by atoms with E-state index in [1.165, 1.54) is 0 Å². The highest BCUT2D eigenvalue weighted by molar-refractivity contribution is 5.79. The summed E-state index contributed by atoms with van der Waals surface area (Å²) in [5.74, 6) is 1.81. The molecule has 1 aliphatic rings. The van der Waals surface area contributed by atoms with Crippen LogP contribution in [0, 0.1) is 12.8 Å². The number of piperidine rings is 1. The summed E-state index contributed by atoms with van der Waals surface area (Å²) in [6, 6.07) is 13.8. The lowest BCUT2D eigenvalue weighted by molar-refractivity contribution is -0.125. The number of methoxy groups -OCH3 is 1. The van der Waals surface area contributed by atoms with Gasteiger partial charge in [-0.25, -0.2) is 0 Å². The maximum atomic E-state index is 12.6. The standard InChI is InChI=1S/C21H25N5O2/c1-15-5-3-8-19-23-24-21(26(15)19)25-11-9-17(10-12-25)20(27)22-14-16-6-4-7-18(13-16)28-2/h3-8,13,17H,9-12,14H2,1-2H3,(H,22,27). The van der Waals surface area contributed by atoms with Gasteiger partial charge in [0.25, 0.3) is 0 Å². The third-order valence-electron chi connectivity index (χ3n) is 5.36. The van der Waals surface area contributed by atoms with Crippen molar-refractivity contribution in [2.24, 2.45) is 5.92 Å². The number of pyridine rings is 1. The highest BCUT2D eigenvalue weighted by Crippen LogP contribution is 2.24. The molecule has 7 nitrogen and oxygen atoms in total. The Kier molecular flexibility index (Phi) is 5.14. The zero-order valence-corrected chi connectivity index (χ0v) is 16.3. The van der Waals surface area contributed by atoms with Gasteiger partial charge in [0.1, 0.15) is 5.75 Å². The van der Waals surface area contributed by atoms with Gasteiger partial charge in [0.15, 0.2) is 5.65 Å². The predicted octanol–water partition coefficient (Wildman–Crippen LogP) is 2.58. The second kappa shape index (κ2) is 7.88. The van der Waals surface area contributed by atoms with Gasteiger partial charge in [0, 0.05) is 31.2 Å². The zero-order valence-electron chi connectivity index (χ0n) is 16.3. The lowest BCUT2D eigenvalue weighted by Gasteiger charge is -2.31. The summed E-state index contributed by atoms with van der Waals surface area (Å²) in [5.41, 5.74) is 3.00. The van der Waals surface area contributed by atoms with Crippen LogP contribution in [0.15, 0.2) is 42.5 Å². The van der Waals surface area contributed by atoms with Crippen LogP contribution < -0.4 is 15.0 Å². The van der Waals surface area contributed by atoms with E-state index in [9.17, 15) is 4.79 Å². The third kappa shape index (κ3) is 3.65. The number of nitrogens with one attached hydrogen (secondary N) is 1. The molecule has 1 fully saturated rings. The number of hydrogen-bond donors (Lipinski definition) is 1. The largest absolute Gasteiger partial charge is 0.497 e. The molecule has 7 heteroatoms. The maximum Gasteiger partial charge on any atom is 0.231 e. The Morgan fingerprint density at radius 1 is 1.18 bits per heavy atom. The van der Waals surface area contributed by atoms with E-state index in [0.717, 1.165) is 54.5 Å². The smallest absolute Gasteiger partial charge is 0.231 e. The molecule has 1 N–H and O–H groups in total. The molecule has 4 rings (SSSR count). The van der Waals surface area contributed by atoms with Gasteiger partial charge < -0.3 is 15.0 Å². The van der Waals surface area contributed by atoms with E-state index in [1.54, 1.807) is 7.11 Å². The average Bonchev–Trinajstić information content (AvgIpc) is 3.18. The molecule has 0 radical (unpaired) electrons. The van der Waals surface area contributed by atoms with Crippen LogP contribution in [0.25, 0.3) is 5.65 Å². The van der Waals surface area contributed by atoms with E-state index in [-0.39, 0.29) is 11.8 Å². The number of nitrogens with zero attached hydrogens (tertiary/aromatic N) is 4. The maximum absolute atomic E-state index is 12.6. The molecule has 28 heavy (non-hydrogen) atoms. The number of fused-ring (bicyclic) bond motifs is 1. The van der Waals surface area contributed by atoms with Crippen LogP contribution in [-0.2, 0) is 11.3 Å². The molecule has 146 valence electrons. The van der Waals surface area contributed by atoms with Gasteiger partial charge in [-0.2, -0.15) is 0 Å². The van der Waals surface area contributed by atoms with Crippen LogP contribution >= 0.6 is 0 Å². The summed E-state index contributed by atoms with van der Waals surface area (Å²) >= 11 is 0. The van der Waals surface area contributed by atoms with Crippen LogP contribution in [0.2, 0.25) is 0 Å². The lowest BCUT2D eigenvalue weighted by Crippen LogP contribution is -2.41. The van der Waals surface area contributed by atoms with Crippen LogP contribution in [0.5, 0.6) is 5.75 Å². The predicted molar refractivity (Wildman–Crippen MR) is 108 cm³/mol. The van der Waals surface area contributed by atoms with Crippen molar-refractivity contribution in [3.8, 4) is 5.75 Å². The van der Waals surface area contributed by atoms with E-state index >= 15 is 0 Å². The van der Waals surface area contributed by atoms with Gasteiger partial charge in [-0.3, -0.25) is 9.20 Å². The van der Waals surface area contributed by atoms with Crippen molar-refractivity contribution in [3.63, 3.8) is 0 Å². The molecule has 1 aromatic carbocycles. The Bertz CT molecular complexity index is 976. The highest BCUT2D eigenvalue weighted by Gasteiger charge is 2.27. The van der Waals surface area contributed by atoms with E-state index in [1.807, 2.05) is 36.4 Å². The Labute approximate surface area is 164 Å². The first kappa shape index (κ1) is 18.3. The molecule has 2 aromatic heterocycles. The van der Waals surface area contributed by atoms with E-state index in [2.05, 4.69) is 37.8 Å². The number of anilines is 1. The molecule has 0 spiro atoms. The van der Waals surface area contributed by atoms with Gasteiger partial charge in [-0.15, -0.1) is 10.2 Å². The van der Waals surface area contributed by atoms with Crippen molar-refractivity contribution in [2.45, 2.75) is 26.3 Å². The number of ether oxygens (including phenoxy) is 1. The molecule has 0 unspecified atom stereocenters. The highest BCUT2D eigenvalue weighted by atomic mass is 16.5. The van der Waals surface area contributed by atoms with Crippen LogP contribution in [-0.4, -0.2) is 40.7 Å². The number of hydrogen-bond acceptors (Lipinski definition) is 5.